The molecule has 1 fully saturated rings. The minimum atomic E-state index is -3.35. The Bertz CT molecular complexity index is 1340. The van der Waals surface area contributed by atoms with Gasteiger partial charge in [-0.05, 0) is 82.0 Å². The zero-order chi connectivity index (χ0) is 25.3. The highest BCUT2D eigenvalue weighted by Gasteiger charge is 2.29. The molecule has 1 heterocycles. The van der Waals surface area contributed by atoms with Crippen LogP contribution < -0.4 is 9.80 Å². The lowest BCUT2D eigenvalue weighted by atomic mass is 10.1. The van der Waals surface area contributed by atoms with Crippen LogP contribution in [0, 0.1) is 19.8 Å². The molecular formula is C26H29N3O5S. The maximum absolute atomic E-state index is 13.4. The highest BCUT2D eigenvalue weighted by Crippen LogP contribution is 2.34. The quantitative estimate of drug-likeness (QED) is 0.444. The lowest BCUT2D eigenvalue weighted by molar-refractivity contribution is -0.115. The van der Waals surface area contributed by atoms with Gasteiger partial charge in [0.2, 0.25) is 5.91 Å². The molecule has 2 amide bonds. The van der Waals surface area contributed by atoms with E-state index in [0.717, 1.165) is 12.8 Å². The number of benzene rings is 2. The van der Waals surface area contributed by atoms with E-state index in [1.807, 2.05) is 6.92 Å². The van der Waals surface area contributed by atoms with Crippen LogP contribution in [-0.4, -0.2) is 37.7 Å². The predicted molar refractivity (Wildman–Crippen MR) is 134 cm³/mol. The van der Waals surface area contributed by atoms with Crippen LogP contribution in [0.3, 0.4) is 0 Å². The fraction of sp³-hybridized carbons (Fsp3) is 0.346. The van der Waals surface area contributed by atoms with Gasteiger partial charge < -0.3 is 9.42 Å². The maximum Gasteiger partial charge on any atom is 0.258 e. The van der Waals surface area contributed by atoms with Gasteiger partial charge in [-0.15, -0.1) is 0 Å². The molecule has 9 heteroatoms. The standard InChI is InChI=1S/C26H29N3O5S/c1-5-28(25-17(2)27-34-18(25)3)26(31)21-7-6-8-23(15-21)29(19(4)30)22-11-13-24(14-12-22)35(32,33)16-20-9-10-20/h6-8,11-15,20H,5,9-10,16H2,1-4H3. The van der Waals surface area contributed by atoms with E-state index in [9.17, 15) is 18.0 Å². The molecule has 35 heavy (non-hydrogen) atoms. The molecule has 184 valence electrons. The number of aromatic nitrogens is 1. The fourth-order valence-electron chi connectivity index (χ4n) is 4.21. The predicted octanol–water partition coefficient (Wildman–Crippen LogP) is 4.83. The van der Waals surface area contributed by atoms with Gasteiger partial charge in [0.1, 0.15) is 11.4 Å². The molecule has 0 aliphatic heterocycles. The molecule has 1 aliphatic carbocycles. The topological polar surface area (TPSA) is 101 Å². The van der Waals surface area contributed by atoms with Crippen LogP contribution in [0.15, 0.2) is 57.9 Å². The molecule has 4 rings (SSSR count). The summed E-state index contributed by atoms with van der Waals surface area (Å²) < 4.78 is 30.4. The number of anilines is 3. The van der Waals surface area contributed by atoms with Gasteiger partial charge in [-0.3, -0.25) is 14.5 Å². The van der Waals surface area contributed by atoms with Gasteiger partial charge in [-0.2, -0.15) is 0 Å². The Morgan fingerprint density at radius 3 is 2.29 bits per heavy atom. The van der Waals surface area contributed by atoms with E-state index in [-0.39, 0.29) is 28.4 Å². The van der Waals surface area contributed by atoms with E-state index in [2.05, 4.69) is 5.16 Å². The van der Waals surface area contributed by atoms with Crippen molar-refractivity contribution in [1.29, 1.82) is 0 Å². The minimum absolute atomic E-state index is 0.159. The molecule has 0 bridgehead atoms. The fourth-order valence-corrected chi connectivity index (χ4v) is 5.90. The van der Waals surface area contributed by atoms with E-state index in [0.29, 0.717) is 40.6 Å². The molecule has 0 saturated heterocycles. The molecule has 2 aromatic carbocycles. The molecule has 0 spiro atoms. The summed E-state index contributed by atoms with van der Waals surface area (Å²) in [5.41, 5.74) is 2.68. The number of carbonyl (C=O) groups excluding carboxylic acids is 2. The number of hydrogen-bond donors (Lipinski definition) is 0. The van der Waals surface area contributed by atoms with Crippen molar-refractivity contribution in [3.05, 3.63) is 65.5 Å². The van der Waals surface area contributed by atoms with E-state index in [1.54, 1.807) is 55.1 Å². The van der Waals surface area contributed by atoms with Gasteiger partial charge >= 0.3 is 0 Å². The Balaban J connectivity index is 1.64. The Kier molecular flexibility index (Phi) is 6.80. The molecule has 0 N–H and O–H groups in total. The normalized spacial score (nSPS) is 13.5. The van der Waals surface area contributed by atoms with Crippen molar-refractivity contribution in [2.24, 2.45) is 5.92 Å². The highest BCUT2D eigenvalue weighted by atomic mass is 32.2. The van der Waals surface area contributed by atoms with Gasteiger partial charge in [0, 0.05) is 30.4 Å². The van der Waals surface area contributed by atoms with Crippen LogP contribution in [0.1, 0.15) is 48.5 Å². The molecule has 0 unspecified atom stereocenters. The summed E-state index contributed by atoms with van der Waals surface area (Å²) in [6, 6.07) is 13.1. The second-order valence-corrected chi connectivity index (χ2v) is 10.9. The van der Waals surface area contributed by atoms with Crippen LogP contribution in [0.5, 0.6) is 0 Å². The van der Waals surface area contributed by atoms with Crippen LogP contribution in [-0.2, 0) is 14.6 Å². The molecule has 1 aliphatic rings. The Labute approximate surface area is 205 Å². The first-order valence-corrected chi connectivity index (χ1v) is 13.3. The van der Waals surface area contributed by atoms with Gasteiger partial charge in [-0.25, -0.2) is 8.42 Å². The lowest BCUT2D eigenvalue weighted by Crippen LogP contribution is -2.31. The van der Waals surface area contributed by atoms with Gasteiger partial charge in [0.25, 0.3) is 5.91 Å². The van der Waals surface area contributed by atoms with Gasteiger partial charge in [-0.1, -0.05) is 11.2 Å². The first-order chi connectivity index (χ1) is 16.6. The lowest BCUT2D eigenvalue weighted by Gasteiger charge is -2.24. The zero-order valence-corrected chi connectivity index (χ0v) is 21.1. The van der Waals surface area contributed by atoms with E-state index < -0.39 is 9.84 Å². The second kappa shape index (κ2) is 9.65. The second-order valence-electron chi connectivity index (χ2n) is 8.85. The molecule has 1 aromatic heterocycles. The first kappa shape index (κ1) is 24.7. The summed E-state index contributed by atoms with van der Waals surface area (Å²) >= 11 is 0. The summed E-state index contributed by atoms with van der Waals surface area (Å²) in [5, 5.41) is 3.95. The third kappa shape index (κ3) is 5.14. The third-order valence-electron chi connectivity index (χ3n) is 6.10. The van der Waals surface area contributed by atoms with Gasteiger partial charge in [0.15, 0.2) is 15.6 Å². The van der Waals surface area contributed by atoms with E-state index in [1.165, 1.54) is 24.0 Å². The summed E-state index contributed by atoms with van der Waals surface area (Å²) in [6.07, 6.45) is 1.91. The number of sulfone groups is 1. The Morgan fingerprint density at radius 2 is 1.74 bits per heavy atom. The molecule has 0 radical (unpaired) electrons. The minimum Gasteiger partial charge on any atom is -0.359 e. The monoisotopic (exact) mass is 495 g/mol. The van der Waals surface area contributed by atoms with Crippen molar-refractivity contribution in [3.63, 3.8) is 0 Å². The summed E-state index contributed by atoms with van der Waals surface area (Å²) in [4.78, 5) is 29.3. The number of aryl methyl sites for hydroxylation is 2. The maximum atomic E-state index is 13.4. The Hall–Kier alpha value is -3.46. The molecular weight excluding hydrogens is 466 g/mol. The smallest absolute Gasteiger partial charge is 0.258 e. The molecule has 8 nitrogen and oxygen atoms in total. The van der Waals surface area contributed by atoms with Gasteiger partial charge in [0.05, 0.1) is 10.6 Å². The van der Waals surface area contributed by atoms with Crippen molar-refractivity contribution >= 4 is 38.7 Å². The van der Waals surface area contributed by atoms with Crippen molar-refractivity contribution in [2.45, 2.75) is 45.4 Å². The average molecular weight is 496 g/mol. The van der Waals surface area contributed by atoms with Crippen molar-refractivity contribution in [2.75, 3.05) is 22.1 Å². The van der Waals surface area contributed by atoms with Crippen LogP contribution in [0.4, 0.5) is 17.1 Å². The van der Waals surface area contributed by atoms with Crippen molar-refractivity contribution in [3.8, 4) is 0 Å². The summed E-state index contributed by atoms with van der Waals surface area (Å²) in [7, 11) is -3.35. The highest BCUT2D eigenvalue weighted by molar-refractivity contribution is 7.91. The average Bonchev–Trinajstić information content (AvgIpc) is 3.57. The van der Waals surface area contributed by atoms with E-state index >= 15 is 0 Å². The number of carbonyl (C=O) groups is 2. The van der Waals surface area contributed by atoms with Crippen molar-refractivity contribution in [1.82, 2.24) is 5.16 Å². The van der Waals surface area contributed by atoms with Crippen LogP contribution in [0.2, 0.25) is 0 Å². The summed E-state index contributed by atoms with van der Waals surface area (Å²) in [5.74, 6) is 0.458. The zero-order valence-electron chi connectivity index (χ0n) is 20.3. The van der Waals surface area contributed by atoms with E-state index in [4.69, 9.17) is 4.52 Å². The summed E-state index contributed by atoms with van der Waals surface area (Å²) in [6.45, 7) is 7.25. The first-order valence-electron chi connectivity index (χ1n) is 11.6. The number of nitrogens with zero attached hydrogens (tertiary/aromatic N) is 3. The largest absolute Gasteiger partial charge is 0.359 e. The molecule has 0 atom stereocenters. The number of amides is 2. The molecule has 1 saturated carbocycles. The third-order valence-corrected chi connectivity index (χ3v) is 8.00. The molecule has 3 aromatic rings. The Morgan fingerprint density at radius 1 is 1.06 bits per heavy atom. The SMILES string of the molecule is CCN(C(=O)c1cccc(N(C(C)=O)c2ccc(S(=O)(=O)CC3CC3)cc2)c1)c1c(C)noc1C. The van der Waals surface area contributed by atoms with Crippen LogP contribution in [0.25, 0.3) is 0 Å². The van der Waals surface area contributed by atoms with Crippen molar-refractivity contribution < 1.29 is 22.5 Å². The number of hydrogen-bond acceptors (Lipinski definition) is 6. The number of rotatable bonds is 8. The van der Waals surface area contributed by atoms with Crippen LogP contribution >= 0.6 is 0 Å².